The first-order chi connectivity index (χ1) is 9.88. The summed E-state index contributed by atoms with van der Waals surface area (Å²) in [6.07, 6.45) is 0. The molecule has 2 aromatic rings. The normalized spacial score (nSPS) is 13.5. The molecular formula is C14H13FN2O2S2. The highest BCUT2D eigenvalue weighted by atomic mass is 32.2. The van der Waals surface area contributed by atoms with Crippen LogP contribution in [0.2, 0.25) is 0 Å². The number of anilines is 2. The highest BCUT2D eigenvalue weighted by Crippen LogP contribution is 2.44. The van der Waals surface area contributed by atoms with Crippen LogP contribution < -0.4 is 5.32 Å². The standard InChI is InChI=1S/C14H13FN2O2S2/c1-17(2)21(18,19)10-4-6-13-12(8-10)16-11-5-3-9(15)7-14(11)20-13/h3-8,16H,1-2H3. The van der Waals surface area contributed by atoms with Gasteiger partial charge < -0.3 is 5.32 Å². The molecule has 0 unspecified atom stereocenters. The number of hydrogen-bond acceptors (Lipinski definition) is 4. The van der Waals surface area contributed by atoms with Crippen molar-refractivity contribution in [3.8, 4) is 0 Å². The Hall–Kier alpha value is -1.57. The van der Waals surface area contributed by atoms with E-state index in [2.05, 4.69) is 5.32 Å². The molecule has 0 aromatic heterocycles. The molecule has 0 saturated heterocycles. The van der Waals surface area contributed by atoms with Crippen molar-refractivity contribution in [2.45, 2.75) is 14.7 Å². The highest BCUT2D eigenvalue weighted by Gasteiger charge is 2.22. The zero-order valence-corrected chi connectivity index (χ0v) is 13.1. The van der Waals surface area contributed by atoms with Crippen molar-refractivity contribution in [3.63, 3.8) is 0 Å². The van der Waals surface area contributed by atoms with Crippen molar-refractivity contribution >= 4 is 33.2 Å². The minimum atomic E-state index is -3.47. The second kappa shape index (κ2) is 5.01. The first-order valence-corrected chi connectivity index (χ1v) is 8.44. The Kier molecular flexibility index (Phi) is 3.43. The summed E-state index contributed by atoms with van der Waals surface area (Å²) in [4.78, 5) is 1.88. The predicted octanol–water partition coefficient (Wildman–Crippen LogP) is 3.28. The van der Waals surface area contributed by atoms with E-state index in [9.17, 15) is 12.8 Å². The molecule has 4 nitrogen and oxygen atoms in total. The van der Waals surface area contributed by atoms with Crippen molar-refractivity contribution < 1.29 is 12.8 Å². The number of sulfonamides is 1. The van der Waals surface area contributed by atoms with Crippen molar-refractivity contribution in [2.24, 2.45) is 0 Å². The average molecular weight is 324 g/mol. The Bertz CT molecular complexity index is 820. The molecule has 0 spiro atoms. The summed E-state index contributed by atoms with van der Waals surface area (Å²) in [5.74, 6) is -0.293. The Morgan fingerprint density at radius 3 is 2.52 bits per heavy atom. The van der Waals surface area contributed by atoms with E-state index in [0.717, 1.165) is 15.5 Å². The molecule has 1 N–H and O–H groups in total. The largest absolute Gasteiger partial charge is 0.354 e. The monoisotopic (exact) mass is 324 g/mol. The predicted molar refractivity (Wildman–Crippen MR) is 81.1 cm³/mol. The summed E-state index contributed by atoms with van der Waals surface area (Å²) >= 11 is 1.41. The zero-order valence-electron chi connectivity index (χ0n) is 11.4. The molecule has 110 valence electrons. The zero-order chi connectivity index (χ0) is 15.2. The van der Waals surface area contributed by atoms with Gasteiger partial charge in [-0.25, -0.2) is 17.1 Å². The Morgan fingerprint density at radius 1 is 1.05 bits per heavy atom. The molecular weight excluding hydrogens is 311 g/mol. The fourth-order valence-electron chi connectivity index (χ4n) is 2.01. The quantitative estimate of drug-likeness (QED) is 0.786. The van der Waals surface area contributed by atoms with Gasteiger partial charge in [0.1, 0.15) is 5.82 Å². The van der Waals surface area contributed by atoms with Crippen LogP contribution in [-0.2, 0) is 10.0 Å². The summed E-state index contributed by atoms with van der Waals surface area (Å²) in [5.41, 5.74) is 1.48. The average Bonchev–Trinajstić information content (AvgIpc) is 2.44. The molecule has 2 aromatic carbocycles. The number of halogens is 1. The van der Waals surface area contributed by atoms with Crippen molar-refractivity contribution in [2.75, 3.05) is 19.4 Å². The smallest absolute Gasteiger partial charge is 0.242 e. The molecule has 0 radical (unpaired) electrons. The van der Waals surface area contributed by atoms with E-state index in [1.807, 2.05) is 0 Å². The number of rotatable bonds is 2. The SMILES string of the molecule is CN(C)S(=O)(=O)c1ccc2c(c1)Nc1ccc(F)cc1S2. The summed E-state index contributed by atoms with van der Waals surface area (Å²) < 4.78 is 38.7. The molecule has 3 rings (SSSR count). The molecule has 7 heteroatoms. The Morgan fingerprint density at radius 2 is 1.81 bits per heavy atom. The number of nitrogens with one attached hydrogen (secondary N) is 1. The third-order valence-electron chi connectivity index (χ3n) is 3.16. The molecule has 0 aliphatic carbocycles. The maximum Gasteiger partial charge on any atom is 0.242 e. The van der Waals surface area contributed by atoms with Crippen LogP contribution in [0.5, 0.6) is 0 Å². The van der Waals surface area contributed by atoms with Gasteiger partial charge in [-0.3, -0.25) is 0 Å². The van der Waals surface area contributed by atoms with Gasteiger partial charge in [0, 0.05) is 23.9 Å². The Labute approximate surface area is 127 Å². The fraction of sp³-hybridized carbons (Fsp3) is 0.143. The van der Waals surface area contributed by atoms with Gasteiger partial charge in [-0.15, -0.1) is 0 Å². The molecule has 21 heavy (non-hydrogen) atoms. The van der Waals surface area contributed by atoms with Crippen LogP contribution >= 0.6 is 11.8 Å². The van der Waals surface area contributed by atoms with E-state index in [-0.39, 0.29) is 10.7 Å². The van der Waals surface area contributed by atoms with Crippen molar-refractivity contribution in [1.82, 2.24) is 4.31 Å². The molecule has 0 saturated carbocycles. The highest BCUT2D eigenvalue weighted by molar-refractivity contribution is 7.99. The van der Waals surface area contributed by atoms with Crippen LogP contribution in [-0.4, -0.2) is 26.8 Å². The number of benzene rings is 2. The van der Waals surface area contributed by atoms with Crippen molar-refractivity contribution in [1.29, 1.82) is 0 Å². The van der Waals surface area contributed by atoms with Gasteiger partial charge >= 0.3 is 0 Å². The lowest BCUT2D eigenvalue weighted by Crippen LogP contribution is -2.22. The third kappa shape index (κ3) is 2.52. The molecule has 1 aliphatic heterocycles. The second-order valence-corrected chi connectivity index (χ2v) is 8.05. The van der Waals surface area contributed by atoms with E-state index in [4.69, 9.17) is 0 Å². The number of fused-ring (bicyclic) bond motifs is 2. The van der Waals surface area contributed by atoms with Gasteiger partial charge in [-0.05, 0) is 36.4 Å². The molecule has 0 fully saturated rings. The molecule has 1 heterocycles. The van der Waals surface area contributed by atoms with Gasteiger partial charge in [0.05, 0.1) is 16.3 Å². The molecule has 0 bridgehead atoms. The summed E-state index contributed by atoms with van der Waals surface area (Å²) in [7, 11) is -0.480. The van der Waals surface area contributed by atoms with E-state index in [0.29, 0.717) is 5.69 Å². The maximum absolute atomic E-state index is 13.3. The maximum atomic E-state index is 13.3. The minimum absolute atomic E-state index is 0.227. The van der Waals surface area contributed by atoms with E-state index < -0.39 is 10.0 Å². The summed E-state index contributed by atoms with van der Waals surface area (Å²) in [5, 5.41) is 3.15. The van der Waals surface area contributed by atoms with Crippen LogP contribution in [0.1, 0.15) is 0 Å². The lowest BCUT2D eigenvalue weighted by Gasteiger charge is -2.22. The lowest BCUT2D eigenvalue weighted by molar-refractivity contribution is 0.520. The van der Waals surface area contributed by atoms with Gasteiger partial charge in [0.2, 0.25) is 10.0 Å². The fourth-order valence-corrected chi connectivity index (χ4v) is 3.94. The lowest BCUT2D eigenvalue weighted by atomic mass is 10.2. The van der Waals surface area contributed by atoms with E-state index in [1.54, 1.807) is 24.3 Å². The first-order valence-electron chi connectivity index (χ1n) is 6.19. The molecule has 1 aliphatic rings. The third-order valence-corrected chi connectivity index (χ3v) is 6.11. The second-order valence-electron chi connectivity index (χ2n) is 4.81. The number of hydrogen-bond donors (Lipinski definition) is 1. The van der Waals surface area contributed by atoms with Crippen LogP contribution in [0.4, 0.5) is 15.8 Å². The van der Waals surface area contributed by atoms with Gasteiger partial charge in [-0.2, -0.15) is 0 Å². The topological polar surface area (TPSA) is 49.4 Å². The van der Waals surface area contributed by atoms with Gasteiger partial charge in [-0.1, -0.05) is 11.8 Å². The van der Waals surface area contributed by atoms with Crippen molar-refractivity contribution in [3.05, 3.63) is 42.2 Å². The number of nitrogens with zero attached hydrogens (tertiary/aromatic N) is 1. The summed E-state index contributed by atoms with van der Waals surface area (Å²) in [6.45, 7) is 0. The minimum Gasteiger partial charge on any atom is -0.354 e. The Balaban J connectivity index is 2.04. The molecule has 0 atom stereocenters. The van der Waals surface area contributed by atoms with Crippen LogP contribution in [0.3, 0.4) is 0 Å². The van der Waals surface area contributed by atoms with Crippen LogP contribution in [0.25, 0.3) is 0 Å². The van der Waals surface area contributed by atoms with Gasteiger partial charge in [0.25, 0.3) is 0 Å². The molecule has 0 amide bonds. The summed E-state index contributed by atoms with van der Waals surface area (Å²) in [6, 6.07) is 9.38. The van der Waals surface area contributed by atoms with Crippen LogP contribution in [0, 0.1) is 5.82 Å². The van der Waals surface area contributed by atoms with E-state index in [1.165, 1.54) is 42.3 Å². The first kappa shape index (κ1) is 14.4. The van der Waals surface area contributed by atoms with Crippen LogP contribution in [0.15, 0.2) is 51.1 Å². The van der Waals surface area contributed by atoms with Gasteiger partial charge in [0.15, 0.2) is 0 Å². The van der Waals surface area contributed by atoms with E-state index >= 15 is 0 Å².